The van der Waals surface area contributed by atoms with Crippen molar-refractivity contribution in [2.24, 2.45) is 0 Å². The molecule has 1 heterocycles. The highest BCUT2D eigenvalue weighted by Gasteiger charge is 2.15. The van der Waals surface area contributed by atoms with Crippen LogP contribution >= 0.6 is 0 Å². The van der Waals surface area contributed by atoms with E-state index in [4.69, 9.17) is 0 Å². The molecule has 2 rings (SSSR count). The second kappa shape index (κ2) is 5.95. The number of fused-ring (bicyclic) bond motifs is 1. The Morgan fingerprint density at radius 1 is 1.53 bits per heavy atom. The summed E-state index contributed by atoms with van der Waals surface area (Å²) in [5.41, 5.74) is 3.81. The van der Waals surface area contributed by atoms with Gasteiger partial charge in [-0.05, 0) is 43.5 Å². The molecule has 0 aromatic heterocycles. The summed E-state index contributed by atoms with van der Waals surface area (Å²) in [5.74, 6) is 0.0836. The van der Waals surface area contributed by atoms with Crippen LogP contribution in [0.3, 0.4) is 0 Å². The van der Waals surface area contributed by atoms with E-state index in [9.17, 15) is 4.79 Å². The summed E-state index contributed by atoms with van der Waals surface area (Å²) in [6, 6.07) is 7.06. The number of carbonyl (C=O) groups is 1. The van der Waals surface area contributed by atoms with Crippen LogP contribution in [0, 0.1) is 0 Å². The quantitative estimate of drug-likeness (QED) is 0.871. The lowest BCUT2D eigenvalue weighted by Gasteiger charge is -2.26. The molecule has 1 aliphatic heterocycles. The van der Waals surface area contributed by atoms with Gasteiger partial charge in [0, 0.05) is 44.5 Å². The van der Waals surface area contributed by atoms with E-state index in [2.05, 4.69) is 40.7 Å². The van der Waals surface area contributed by atoms with Gasteiger partial charge in [0.05, 0.1) is 0 Å². The van der Waals surface area contributed by atoms with Crippen LogP contribution in [0.1, 0.15) is 25.3 Å². The third kappa shape index (κ3) is 3.40. The van der Waals surface area contributed by atoms with Crippen LogP contribution in [0.25, 0.3) is 0 Å². The van der Waals surface area contributed by atoms with Crippen LogP contribution in [0.15, 0.2) is 18.2 Å². The molecule has 1 atom stereocenters. The molecule has 2 N–H and O–H groups in total. The maximum Gasteiger partial charge on any atom is 0.221 e. The summed E-state index contributed by atoms with van der Waals surface area (Å²) in [5, 5.41) is 6.15. The van der Waals surface area contributed by atoms with Crippen LogP contribution in [-0.4, -0.2) is 32.6 Å². The zero-order chi connectivity index (χ0) is 13.8. The number of nitrogens with one attached hydrogen (secondary N) is 2. The molecule has 1 unspecified atom stereocenters. The van der Waals surface area contributed by atoms with Crippen molar-refractivity contribution in [3.05, 3.63) is 23.8 Å². The molecule has 1 aromatic carbocycles. The van der Waals surface area contributed by atoms with E-state index in [0.717, 1.165) is 13.0 Å². The number of amides is 1. The molecule has 0 aliphatic carbocycles. The van der Waals surface area contributed by atoms with E-state index in [0.29, 0.717) is 12.5 Å². The summed E-state index contributed by atoms with van der Waals surface area (Å²) < 4.78 is 0. The second-order valence-electron chi connectivity index (χ2n) is 5.27. The largest absolute Gasteiger partial charge is 0.382 e. The first-order valence-electron chi connectivity index (χ1n) is 6.91. The molecular formula is C15H23N3O. The summed E-state index contributed by atoms with van der Waals surface area (Å²) in [7, 11) is 3.71. The van der Waals surface area contributed by atoms with Gasteiger partial charge in [0.25, 0.3) is 0 Å². The van der Waals surface area contributed by atoms with Crippen molar-refractivity contribution in [1.82, 2.24) is 5.32 Å². The zero-order valence-corrected chi connectivity index (χ0v) is 12.0. The molecule has 1 aromatic rings. The van der Waals surface area contributed by atoms with Crippen LogP contribution in [0.2, 0.25) is 0 Å². The highest BCUT2D eigenvalue weighted by molar-refractivity contribution is 5.76. The summed E-state index contributed by atoms with van der Waals surface area (Å²) in [4.78, 5) is 13.4. The smallest absolute Gasteiger partial charge is 0.221 e. The van der Waals surface area contributed by atoms with E-state index in [1.165, 1.54) is 23.4 Å². The molecule has 1 amide bonds. The fraction of sp³-hybridized carbons (Fsp3) is 0.533. The Labute approximate surface area is 115 Å². The third-order valence-electron chi connectivity index (χ3n) is 3.73. The molecule has 0 saturated carbocycles. The number of carbonyl (C=O) groups excluding carboxylic acids is 1. The van der Waals surface area contributed by atoms with Gasteiger partial charge in [-0.2, -0.15) is 0 Å². The van der Waals surface area contributed by atoms with E-state index < -0.39 is 0 Å². The van der Waals surface area contributed by atoms with Crippen LogP contribution < -0.4 is 15.5 Å². The van der Waals surface area contributed by atoms with Gasteiger partial charge in [0.15, 0.2) is 0 Å². The summed E-state index contributed by atoms with van der Waals surface area (Å²) in [6.45, 7) is 2.95. The van der Waals surface area contributed by atoms with Gasteiger partial charge in [-0.1, -0.05) is 0 Å². The summed E-state index contributed by atoms with van der Waals surface area (Å²) in [6.07, 6.45) is 2.83. The molecule has 0 radical (unpaired) electrons. The molecular weight excluding hydrogens is 238 g/mol. The van der Waals surface area contributed by atoms with Gasteiger partial charge >= 0.3 is 0 Å². The molecule has 4 heteroatoms. The highest BCUT2D eigenvalue weighted by atomic mass is 16.1. The van der Waals surface area contributed by atoms with Crippen molar-refractivity contribution in [2.45, 2.75) is 32.2 Å². The van der Waals surface area contributed by atoms with Crippen molar-refractivity contribution in [3.63, 3.8) is 0 Å². The minimum atomic E-state index is 0.0836. The number of aryl methyl sites for hydroxylation is 1. The molecule has 104 valence electrons. The Morgan fingerprint density at radius 2 is 2.32 bits per heavy atom. The molecule has 0 bridgehead atoms. The SMILES string of the molecule is CNC(=O)CCN(C)c1ccc2c(c1)CCC(C)N2. The maximum atomic E-state index is 11.3. The lowest BCUT2D eigenvalue weighted by atomic mass is 9.98. The Kier molecular flexibility index (Phi) is 4.30. The standard InChI is InChI=1S/C15H23N3O/c1-11-4-5-12-10-13(6-7-14(12)17-11)18(3)9-8-15(19)16-2/h6-7,10-11,17H,4-5,8-9H2,1-3H3,(H,16,19). The first kappa shape index (κ1) is 13.7. The number of hydrogen-bond donors (Lipinski definition) is 2. The minimum Gasteiger partial charge on any atom is -0.382 e. The van der Waals surface area contributed by atoms with Crippen LogP contribution in [-0.2, 0) is 11.2 Å². The van der Waals surface area contributed by atoms with E-state index in [-0.39, 0.29) is 5.91 Å². The van der Waals surface area contributed by atoms with E-state index >= 15 is 0 Å². The molecule has 0 saturated heterocycles. The monoisotopic (exact) mass is 261 g/mol. The molecule has 4 nitrogen and oxygen atoms in total. The van der Waals surface area contributed by atoms with E-state index in [1.54, 1.807) is 7.05 Å². The molecule has 1 aliphatic rings. The lowest BCUT2D eigenvalue weighted by molar-refractivity contribution is -0.120. The highest BCUT2D eigenvalue weighted by Crippen LogP contribution is 2.28. The van der Waals surface area contributed by atoms with Gasteiger partial charge in [-0.3, -0.25) is 4.79 Å². The van der Waals surface area contributed by atoms with Gasteiger partial charge in [-0.15, -0.1) is 0 Å². The summed E-state index contributed by atoms with van der Waals surface area (Å²) >= 11 is 0. The number of nitrogens with zero attached hydrogens (tertiary/aromatic N) is 1. The fourth-order valence-corrected chi connectivity index (χ4v) is 2.40. The molecule has 19 heavy (non-hydrogen) atoms. The topological polar surface area (TPSA) is 44.4 Å². The number of rotatable bonds is 4. The lowest BCUT2D eigenvalue weighted by Crippen LogP contribution is -2.27. The number of benzene rings is 1. The Morgan fingerprint density at radius 3 is 3.05 bits per heavy atom. The van der Waals surface area contributed by atoms with Gasteiger partial charge < -0.3 is 15.5 Å². The Bertz CT molecular complexity index is 459. The zero-order valence-electron chi connectivity index (χ0n) is 12.0. The second-order valence-corrected chi connectivity index (χ2v) is 5.27. The normalized spacial score (nSPS) is 17.3. The maximum absolute atomic E-state index is 11.3. The van der Waals surface area contributed by atoms with Crippen molar-refractivity contribution in [3.8, 4) is 0 Å². The van der Waals surface area contributed by atoms with Gasteiger partial charge in [0.1, 0.15) is 0 Å². The fourth-order valence-electron chi connectivity index (χ4n) is 2.40. The number of anilines is 2. The van der Waals surface area contributed by atoms with Crippen molar-refractivity contribution >= 4 is 17.3 Å². The predicted molar refractivity (Wildman–Crippen MR) is 79.8 cm³/mol. The van der Waals surface area contributed by atoms with Gasteiger partial charge in [-0.25, -0.2) is 0 Å². The Balaban J connectivity index is 2.03. The van der Waals surface area contributed by atoms with Crippen molar-refractivity contribution in [1.29, 1.82) is 0 Å². The van der Waals surface area contributed by atoms with Crippen molar-refractivity contribution in [2.75, 3.05) is 30.9 Å². The van der Waals surface area contributed by atoms with E-state index in [1.807, 2.05) is 7.05 Å². The predicted octanol–water partition coefficient (Wildman–Crippen LogP) is 2.01. The van der Waals surface area contributed by atoms with Crippen molar-refractivity contribution < 1.29 is 4.79 Å². The molecule has 0 spiro atoms. The minimum absolute atomic E-state index is 0.0836. The molecule has 0 fully saturated rings. The van der Waals surface area contributed by atoms with Crippen LogP contribution in [0.4, 0.5) is 11.4 Å². The average Bonchev–Trinajstić information content (AvgIpc) is 2.43. The first-order valence-corrected chi connectivity index (χ1v) is 6.91. The van der Waals surface area contributed by atoms with Gasteiger partial charge in [0.2, 0.25) is 5.91 Å². The Hall–Kier alpha value is -1.71. The average molecular weight is 261 g/mol. The third-order valence-corrected chi connectivity index (χ3v) is 3.73. The first-order chi connectivity index (χ1) is 9.10. The number of hydrogen-bond acceptors (Lipinski definition) is 3. The van der Waals surface area contributed by atoms with Crippen LogP contribution in [0.5, 0.6) is 0 Å².